The Morgan fingerprint density at radius 1 is 1.47 bits per heavy atom. The minimum absolute atomic E-state index is 0.238. The Bertz CT molecular complexity index is 446. The lowest BCUT2D eigenvalue weighted by Gasteiger charge is -2.14. The second-order valence-electron chi connectivity index (χ2n) is 3.83. The summed E-state index contributed by atoms with van der Waals surface area (Å²) in [6, 6.07) is 3.86. The highest BCUT2D eigenvalue weighted by molar-refractivity contribution is 7.91. The Kier molecular flexibility index (Phi) is 2.87. The third kappa shape index (κ3) is 2.09. The summed E-state index contributed by atoms with van der Waals surface area (Å²) in [5, 5.41) is 0. The fraction of sp³-hybridized carbons (Fsp3) is 0.600. The summed E-state index contributed by atoms with van der Waals surface area (Å²) in [7, 11) is -1.53. The van der Waals surface area contributed by atoms with E-state index in [1.807, 2.05) is 13.0 Å². The summed E-state index contributed by atoms with van der Waals surface area (Å²) in [5.41, 5.74) is 0. The van der Waals surface area contributed by atoms with Gasteiger partial charge in [0.15, 0.2) is 0 Å². The van der Waals surface area contributed by atoms with Gasteiger partial charge in [0.05, 0.1) is 0 Å². The maximum atomic E-state index is 12.1. The lowest BCUT2D eigenvalue weighted by molar-refractivity contribution is 0.466. The van der Waals surface area contributed by atoms with E-state index in [1.54, 1.807) is 13.1 Å². The van der Waals surface area contributed by atoms with E-state index in [9.17, 15) is 8.42 Å². The van der Waals surface area contributed by atoms with Crippen LogP contribution in [0.25, 0.3) is 0 Å². The third-order valence-corrected chi connectivity index (χ3v) is 6.29. The number of aryl methyl sites for hydroxylation is 1. The molecule has 0 bridgehead atoms. The third-order valence-electron chi connectivity index (χ3n) is 2.68. The Morgan fingerprint density at radius 3 is 2.60 bits per heavy atom. The summed E-state index contributed by atoms with van der Waals surface area (Å²) in [4.78, 5) is 1.12. The van der Waals surface area contributed by atoms with Crippen molar-refractivity contribution in [3.8, 4) is 0 Å². The van der Waals surface area contributed by atoms with Crippen LogP contribution >= 0.6 is 11.3 Å². The van der Waals surface area contributed by atoms with Crippen LogP contribution in [0.15, 0.2) is 16.3 Å². The molecule has 0 aromatic carbocycles. The van der Waals surface area contributed by atoms with E-state index in [1.165, 1.54) is 15.6 Å². The van der Waals surface area contributed by atoms with Crippen LogP contribution in [-0.4, -0.2) is 25.8 Å². The van der Waals surface area contributed by atoms with E-state index in [-0.39, 0.29) is 6.04 Å². The molecule has 15 heavy (non-hydrogen) atoms. The smallest absolute Gasteiger partial charge is 0.206 e. The van der Waals surface area contributed by atoms with Gasteiger partial charge in [-0.15, -0.1) is 11.3 Å². The molecule has 1 aliphatic rings. The zero-order valence-electron chi connectivity index (χ0n) is 8.93. The van der Waals surface area contributed by atoms with Crippen LogP contribution in [-0.2, 0) is 16.4 Å². The number of hydrogen-bond donors (Lipinski definition) is 0. The van der Waals surface area contributed by atoms with Gasteiger partial charge in [0.2, 0.25) is 0 Å². The van der Waals surface area contributed by atoms with Gasteiger partial charge in [-0.2, -0.15) is 4.31 Å². The van der Waals surface area contributed by atoms with Crippen molar-refractivity contribution < 1.29 is 8.42 Å². The first kappa shape index (κ1) is 11.1. The molecule has 1 saturated carbocycles. The maximum Gasteiger partial charge on any atom is 0.252 e. The van der Waals surface area contributed by atoms with Gasteiger partial charge in [-0.25, -0.2) is 8.42 Å². The molecule has 2 rings (SSSR count). The van der Waals surface area contributed by atoms with Gasteiger partial charge in [-0.1, -0.05) is 6.92 Å². The zero-order chi connectivity index (χ0) is 11.1. The lowest BCUT2D eigenvalue weighted by Crippen LogP contribution is -2.28. The molecule has 1 aromatic heterocycles. The van der Waals surface area contributed by atoms with Crippen molar-refractivity contribution in [2.75, 3.05) is 7.05 Å². The van der Waals surface area contributed by atoms with Crippen LogP contribution in [0.5, 0.6) is 0 Å². The van der Waals surface area contributed by atoms with Gasteiger partial charge in [-0.3, -0.25) is 0 Å². The van der Waals surface area contributed by atoms with Crippen LogP contribution in [0.1, 0.15) is 24.6 Å². The molecule has 0 N–H and O–H groups in total. The fourth-order valence-corrected chi connectivity index (χ4v) is 4.36. The number of rotatable bonds is 4. The molecule has 5 heteroatoms. The number of nitrogens with zero attached hydrogens (tertiary/aromatic N) is 1. The highest BCUT2D eigenvalue weighted by Gasteiger charge is 2.35. The largest absolute Gasteiger partial charge is 0.252 e. The number of thiophene rings is 1. The zero-order valence-corrected chi connectivity index (χ0v) is 10.6. The first-order chi connectivity index (χ1) is 7.05. The van der Waals surface area contributed by atoms with Gasteiger partial charge in [-0.05, 0) is 31.4 Å². The maximum absolute atomic E-state index is 12.1. The molecule has 3 nitrogen and oxygen atoms in total. The van der Waals surface area contributed by atoms with Crippen LogP contribution in [0.3, 0.4) is 0 Å². The highest BCUT2D eigenvalue weighted by atomic mass is 32.2. The summed E-state index contributed by atoms with van der Waals surface area (Å²) in [5.74, 6) is 0. The first-order valence-electron chi connectivity index (χ1n) is 5.12. The van der Waals surface area contributed by atoms with Crippen molar-refractivity contribution in [3.63, 3.8) is 0 Å². The molecule has 84 valence electrons. The molecule has 0 unspecified atom stereocenters. The molecular formula is C10H15NO2S2. The van der Waals surface area contributed by atoms with Crippen LogP contribution in [0.4, 0.5) is 0 Å². The first-order valence-corrected chi connectivity index (χ1v) is 7.38. The van der Waals surface area contributed by atoms with Crippen molar-refractivity contribution >= 4 is 21.4 Å². The number of sulfonamides is 1. The second kappa shape index (κ2) is 3.88. The molecule has 0 radical (unpaired) electrons. The van der Waals surface area contributed by atoms with E-state index in [4.69, 9.17) is 0 Å². The predicted octanol–water partition coefficient (Wildman–Crippen LogP) is 2.09. The van der Waals surface area contributed by atoms with Crippen molar-refractivity contribution in [1.82, 2.24) is 4.31 Å². The molecular weight excluding hydrogens is 230 g/mol. The topological polar surface area (TPSA) is 37.4 Å². The van der Waals surface area contributed by atoms with Crippen molar-refractivity contribution in [1.29, 1.82) is 0 Å². The lowest BCUT2D eigenvalue weighted by atomic mass is 10.4. The average Bonchev–Trinajstić information content (AvgIpc) is 2.93. The quantitative estimate of drug-likeness (QED) is 0.814. The SMILES string of the molecule is CCc1ccc(S(=O)(=O)N(C)C2CC2)s1. The standard InChI is InChI=1S/C10H15NO2S2/c1-3-9-6-7-10(14-9)15(12,13)11(2)8-4-5-8/h6-8H,3-5H2,1-2H3. The second-order valence-corrected chi connectivity index (χ2v) is 7.22. The Hall–Kier alpha value is -0.390. The summed E-state index contributed by atoms with van der Waals surface area (Å²) in [6.07, 6.45) is 2.90. The van der Waals surface area contributed by atoms with Crippen LogP contribution in [0.2, 0.25) is 0 Å². The normalized spacial score (nSPS) is 17.3. The van der Waals surface area contributed by atoms with E-state index in [0.29, 0.717) is 4.21 Å². The Balaban J connectivity index is 2.27. The highest BCUT2D eigenvalue weighted by Crippen LogP contribution is 2.32. The fourth-order valence-electron chi connectivity index (χ4n) is 1.46. The van der Waals surface area contributed by atoms with Gasteiger partial charge in [0.1, 0.15) is 4.21 Å². The van der Waals surface area contributed by atoms with E-state index in [2.05, 4.69) is 0 Å². The molecule has 1 aromatic rings. The van der Waals surface area contributed by atoms with Crippen molar-refractivity contribution in [2.45, 2.75) is 36.4 Å². The molecule has 0 spiro atoms. The minimum atomic E-state index is -3.21. The monoisotopic (exact) mass is 245 g/mol. The van der Waals surface area contributed by atoms with Gasteiger partial charge in [0.25, 0.3) is 10.0 Å². The minimum Gasteiger partial charge on any atom is -0.206 e. The Morgan fingerprint density at radius 2 is 2.13 bits per heavy atom. The van der Waals surface area contributed by atoms with Gasteiger partial charge < -0.3 is 0 Å². The summed E-state index contributed by atoms with van der Waals surface area (Å²) in [6.45, 7) is 2.03. The average molecular weight is 245 g/mol. The summed E-state index contributed by atoms with van der Waals surface area (Å²) >= 11 is 1.38. The van der Waals surface area contributed by atoms with Crippen molar-refractivity contribution in [2.24, 2.45) is 0 Å². The molecule has 1 aliphatic carbocycles. The van der Waals surface area contributed by atoms with Gasteiger partial charge in [0, 0.05) is 18.0 Å². The predicted molar refractivity (Wildman–Crippen MR) is 61.7 cm³/mol. The van der Waals surface area contributed by atoms with Gasteiger partial charge >= 0.3 is 0 Å². The van der Waals surface area contributed by atoms with E-state index in [0.717, 1.165) is 24.1 Å². The molecule has 1 fully saturated rings. The molecule has 1 heterocycles. The molecule has 0 aliphatic heterocycles. The Labute approximate surface area is 94.8 Å². The summed E-state index contributed by atoms with van der Waals surface area (Å²) < 4.78 is 26.2. The molecule has 0 atom stereocenters. The van der Waals surface area contributed by atoms with E-state index < -0.39 is 10.0 Å². The van der Waals surface area contributed by atoms with Crippen LogP contribution in [0, 0.1) is 0 Å². The van der Waals surface area contributed by atoms with Crippen molar-refractivity contribution in [3.05, 3.63) is 17.0 Å². The number of hydrogen-bond acceptors (Lipinski definition) is 3. The molecule has 0 saturated heterocycles. The van der Waals surface area contributed by atoms with Crippen LogP contribution < -0.4 is 0 Å². The van der Waals surface area contributed by atoms with E-state index >= 15 is 0 Å². The molecule has 0 amide bonds.